The molecule has 0 fully saturated rings. The van der Waals surface area contributed by atoms with Crippen LogP contribution in [0.5, 0.6) is 0 Å². The molecule has 1 heterocycles. The van der Waals surface area contributed by atoms with Crippen LogP contribution in [0.4, 0.5) is 11.5 Å². The van der Waals surface area contributed by atoms with Crippen molar-refractivity contribution in [3.63, 3.8) is 0 Å². The van der Waals surface area contributed by atoms with Crippen molar-refractivity contribution in [2.24, 2.45) is 0 Å². The summed E-state index contributed by atoms with van der Waals surface area (Å²) in [5, 5.41) is 3.10. The fourth-order valence-corrected chi connectivity index (χ4v) is 1.99. The summed E-state index contributed by atoms with van der Waals surface area (Å²) in [5.74, 6) is 1.76. The highest BCUT2D eigenvalue weighted by molar-refractivity contribution is 9.10. The molecule has 0 aliphatic carbocycles. The highest BCUT2D eigenvalue weighted by Crippen LogP contribution is 2.23. The molecular weight excluding hydrogens is 304 g/mol. The van der Waals surface area contributed by atoms with Gasteiger partial charge in [0.05, 0.1) is 0 Å². The fourth-order valence-electron chi connectivity index (χ4n) is 1.73. The maximum Gasteiger partial charge on any atom is 0.136 e. The molecule has 1 aromatic carbocycles. The van der Waals surface area contributed by atoms with Gasteiger partial charge in [0, 0.05) is 36.4 Å². The molecule has 0 amide bonds. The Morgan fingerprint density at radius 1 is 1.21 bits per heavy atom. The lowest BCUT2D eigenvalue weighted by Crippen LogP contribution is -2.15. The van der Waals surface area contributed by atoms with Gasteiger partial charge in [0.25, 0.3) is 0 Å². The number of rotatable bonds is 5. The van der Waals surface area contributed by atoms with E-state index in [1.807, 2.05) is 38.5 Å². The van der Waals surface area contributed by atoms with Crippen molar-refractivity contribution < 1.29 is 0 Å². The number of hydrogen-bond acceptors (Lipinski definition) is 4. The molecule has 1 N–H and O–H groups in total. The monoisotopic (exact) mass is 320 g/mol. The van der Waals surface area contributed by atoms with Crippen LogP contribution in [0.2, 0.25) is 0 Å². The first-order valence-corrected chi connectivity index (χ1v) is 6.96. The molecule has 100 valence electrons. The quantitative estimate of drug-likeness (QED) is 0.919. The third kappa shape index (κ3) is 3.75. The van der Waals surface area contributed by atoms with Crippen molar-refractivity contribution in [3.05, 3.63) is 46.8 Å². The van der Waals surface area contributed by atoms with Gasteiger partial charge in [0.2, 0.25) is 0 Å². The van der Waals surface area contributed by atoms with Gasteiger partial charge in [-0.3, -0.25) is 0 Å². The van der Waals surface area contributed by atoms with Gasteiger partial charge in [0.1, 0.15) is 11.6 Å². The second-order valence-corrected chi connectivity index (χ2v) is 5.14. The molecule has 0 atom stereocenters. The van der Waals surface area contributed by atoms with E-state index in [1.165, 1.54) is 0 Å². The first kappa shape index (κ1) is 14.0. The van der Waals surface area contributed by atoms with Gasteiger partial charge in [-0.05, 0) is 37.4 Å². The Balaban J connectivity index is 2.18. The van der Waals surface area contributed by atoms with Crippen molar-refractivity contribution in [1.29, 1.82) is 0 Å². The molecule has 19 heavy (non-hydrogen) atoms. The van der Waals surface area contributed by atoms with Crippen LogP contribution >= 0.6 is 15.9 Å². The molecule has 0 bridgehead atoms. The van der Waals surface area contributed by atoms with Crippen LogP contribution in [-0.4, -0.2) is 30.6 Å². The normalized spacial score (nSPS) is 10.5. The Morgan fingerprint density at radius 2 is 1.95 bits per heavy atom. The minimum atomic E-state index is 0.832. The average molecular weight is 321 g/mol. The predicted octanol–water partition coefficient (Wildman–Crippen LogP) is 2.77. The standard InChI is InChI=1S/C14H17BrN4/c1-16-9-7-13-17-10-8-14(18-13)19(2)12-5-3-11(15)4-6-12/h3-6,8,10,16H,7,9H2,1-2H3. The van der Waals surface area contributed by atoms with Crippen LogP contribution in [0.25, 0.3) is 0 Å². The number of aromatic nitrogens is 2. The molecule has 0 aliphatic heterocycles. The maximum atomic E-state index is 4.57. The highest BCUT2D eigenvalue weighted by atomic mass is 79.9. The third-order valence-corrected chi connectivity index (χ3v) is 3.38. The van der Waals surface area contributed by atoms with Crippen molar-refractivity contribution in [2.75, 3.05) is 25.5 Å². The molecule has 0 unspecified atom stereocenters. The summed E-state index contributed by atoms with van der Waals surface area (Å²) in [6.07, 6.45) is 2.64. The van der Waals surface area contributed by atoms with E-state index < -0.39 is 0 Å². The molecule has 4 nitrogen and oxygen atoms in total. The second-order valence-electron chi connectivity index (χ2n) is 4.22. The van der Waals surface area contributed by atoms with Crippen LogP contribution < -0.4 is 10.2 Å². The lowest BCUT2D eigenvalue weighted by atomic mass is 10.3. The second kappa shape index (κ2) is 6.63. The van der Waals surface area contributed by atoms with Gasteiger partial charge in [-0.2, -0.15) is 0 Å². The molecule has 0 spiro atoms. The summed E-state index contributed by atoms with van der Waals surface area (Å²) in [4.78, 5) is 10.9. The summed E-state index contributed by atoms with van der Waals surface area (Å²) in [7, 11) is 3.94. The first-order valence-electron chi connectivity index (χ1n) is 6.16. The van der Waals surface area contributed by atoms with Crippen molar-refractivity contribution in [2.45, 2.75) is 6.42 Å². The maximum absolute atomic E-state index is 4.57. The average Bonchev–Trinajstić information content (AvgIpc) is 2.45. The van der Waals surface area contributed by atoms with Gasteiger partial charge >= 0.3 is 0 Å². The van der Waals surface area contributed by atoms with E-state index in [4.69, 9.17) is 0 Å². The van der Waals surface area contributed by atoms with Crippen LogP contribution in [0.15, 0.2) is 41.0 Å². The topological polar surface area (TPSA) is 41.1 Å². The lowest BCUT2D eigenvalue weighted by Gasteiger charge is -2.18. The van der Waals surface area contributed by atoms with Gasteiger partial charge in [-0.15, -0.1) is 0 Å². The summed E-state index contributed by atoms with van der Waals surface area (Å²) in [5.41, 5.74) is 1.10. The van der Waals surface area contributed by atoms with Crippen LogP contribution in [0.1, 0.15) is 5.82 Å². The van der Waals surface area contributed by atoms with Crippen LogP contribution in [-0.2, 0) is 6.42 Å². The fraction of sp³-hybridized carbons (Fsp3) is 0.286. The van der Waals surface area contributed by atoms with Crippen molar-refractivity contribution >= 4 is 27.4 Å². The zero-order chi connectivity index (χ0) is 13.7. The van der Waals surface area contributed by atoms with Gasteiger partial charge in [-0.25, -0.2) is 9.97 Å². The van der Waals surface area contributed by atoms with E-state index >= 15 is 0 Å². The van der Waals surface area contributed by atoms with E-state index in [0.29, 0.717) is 0 Å². The molecular formula is C14H17BrN4. The third-order valence-electron chi connectivity index (χ3n) is 2.85. The number of anilines is 2. The summed E-state index contributed by atoms with van der Waals surface area (Å²) < 4.78 is 1.07. The number of nitrogens with one attached hydrogen (secondary N) is 1. The Bertz CT molecular complexity index is 527. The van der Waals surface area contributed by atoms with Gasteiger partial charge in [0.15, 0.2) is 0 Å². The Labute approximate surface area is 122 Å². The van der Waals surface area contributed by atoms with Gasteiger partial charge < -0.3 is 10.2 Å². The van der Waals surface area contributed by atoms with E-state index in [0.717, 1.165) is 34.8 Å². The molecule has 0 saturated heterocycles. The Hall–Kier alpha value is -1.46. The molecule has 0 aliphatic rings. The lowest BCUT2D eigenvalue weighted by molar-refractivity contribution is 0.754. The summed E-state index contributed by atoms with van der Waals surface area (Å²) in [6, 6.07) is 10.1. The summed E-state index contributed by atoms with van der Waals surface area (Å²) >= 11 is 3.44. The smallest absolute Gasteiger partial charge is 0.136 e. The van der Waals surface area contributed by atoms with Crippen LogP contribution in [0.3, 0.4) is 0 Å². The van der Waals surface area contributed by atoms with Gasteiger partial charge in [-0.1, -0.05) is 15.9 Å². The largest absolute Gasteiger partial charge is 0.329 e. The van der Waals surface area contributed by atoms with E-state index in [2.05, 4.69) is 48.2 Å². The molecule has 0 saturated carbocycles. The molecule has 0 radical (unpaired) electrons. The van der Waals surface area contributed by atoms with E-state index in [9.17, 15) is 0 Å². The van der Waals surface area contributed by atoms with E-state index in [-0.39, 0.29) is 0 Å². The molecule has 5 heteroatoms. The number of nitrogens with zero attached hydrogens (tertiary/aromatic N) is 3. The minimum Gasteiger partial charge on any atom is -0.329 e. The minimum absolute atomic E-state index is 0.832. The number of hydrogen-bond donors (Lipinski definition) is 1. The Morgan fingerprint density at radius 3 is 2.63 bits per heavy atom. The SMILES string of the molecule is CNCCc1nccc(N(C)c2ccc(Br)cc2)n1. The molecule has 1 aromatic heterocycles. The molecule has 2 rings (SSSR count). The zero-order valence-corrected chi connectivity index (χ0v) is 12.7. The number of benzene rings is 1. The highest BCUT2D eigenvalue weighted by Gasteiger charge is 2.06. The summed E-state index contributed by atoms with van der Waals surface area (Å²) in [6.45, 7) is 0.880. The zero-order valence-electron chi connectivity index (χ0n) is 11.1. The van der Waals surface area contributed by atoms with E-state index in [1.54, 1.807) is 0 Å². The predicted molar refractivity (Wildman–Crippen MR) is 81.9 cm³/mol. The number of halogens is 1. The molecule has 2 aromatic rings. The van der Waals surface area contributed by atoms with Crippen LogP contribution in [0, 0.1) is 0 Å². The number of likely N-dealkylation sites (N-methyl/N-ethyl adjacent to an activating group) is 1. The van der Waals surface area contributed by atoms with Crippen molar-refractivity contribution in [1.82, 2.24) is 15.3 Å². The Kier molecular flexibility index (Phi) is 4.87. The van der Waals surface area contributed by atoms with Crippen molar-refractivity contribution in [3.8, 4) is 0 Å². The first-order chi connectivity index (χ1) is 9.20.